The molecule has 0 unspecified atom stereocenters. The number of carbonyl (C=O) groups is 1. The molecule has 0 aliphatic carbocycles. The summed E-state index contributed by atoms with van der Waals surface area (Å²) >= 11 is 0. The molecule has 7 nitrogen and oxygen atoms in total. The van der Waals surface area contributed by atoms with E-state index in [0.717, 1.165) is 32.1 Å². The maximum atomic E-state index is 11.9. The first kappa shape index (κ1) is 15.5. The molecule has 1 fully saturated rings. The van der Waals surface area contributed by atoms with Gasteiger partial charge in [-0.15, -0.1) is 0 Å². The van der Waals surface area contributed by atoms with E-state index in [1.54, 1.807) is 25.4 Å². The zero-order valence-electron chi connectivity index (χ0n) is 13.1. The molecule has 23 heavy (non-hydrogen) atoms. The van der Waals surface area contributed by atoms with E-state index in [-0.39, 0.29) is 5.97 Å². The molecule has 0 amide bonds. The summed E-state index contributed by atoms with van der Waals surface area (Å²) in [6.45, 7) is 6.17. The van der Waals surface area contributed by atoms with E-state index in [1.807, 2.05) is 6.07 Å². The third-order valence-corrected chi connectivity index (χ3v) is 3.82. The minimum Gasteiger partial charge on any atom is -0.467 e. The van der Waals surface area contributed by atoms with Crippen molar-refractivity contribution in [1.29, 1.82) is 0 Å². The predicted octanol–water partition coefficient (Wildman–Crippen LogP) is 1.57. The second kappa shape index (κ2) is 7.23. The lowest BCUT2D eigenvalue weighted by molar-refractivity contribution is 0.0522. The highest BCUT2D eigenvalue weighted by Gasteiger charge is 2.22. The highest BCUT2D eigenvalue weighted by molar-refractivity contribution is 5.90. The summed E-state index contributed by atoms with van der Waals surface area (Å²) in [5, 5.41) is 0. The van der Waals surface area contributed by atoms with Crippen molar-refractivity contribution in [3.8, 4) is 0 Å². The van der Waals surface area contributed by atoms with Crippen LogP contribution in [0, 0.1) is 0 Å². The van der Waals surface area contributed by atoms with Gasteiger partial charge in [0.25, 0.3) is 0 Å². The minimum absolute atomic E-state index is 0.326. The molecule has 122 valence electrons. The van der Waals surface area contributed by atoms with Crippen molar-refractivity contribution in [3.05, 3.63) is 42.1 Å². The van der Waals surface area contributed by atoms with Crippen molar-refractivity contribution < 1.29 is 13.9 Å². The molecule has 3 heterocycles. The van der Waals surface area contributed by atoms with Gasteiger partial charge < -0.3 is 14.1 Å². The molecule has 2 aromatic rings. The van der Waals surface area contributed by atoms with Gasteiger partial charge in [0.1, 0.15) is 11.3 Å². The summed E-state index contributed by atoms with van der Waals surface area (Å²) in [5.41, 5.74) is 0.515. The van der Waals surface area contributed by atoms with Gasteiger partial charge in [-0.3, -0.25) is 4.90 Å². The number of esters is 1. The van der Waals surface area contributed by atoms with Crippen LogP contribution >= 0.6 is 0 Å². The van der Waals surface area contributed by atoms with Crippen LogP contribution in [0.25, 0.3) is 0 Å². The molecule has 0 N–H and O–H groups in total. The number of carbonyl (C=O) groups excluding carboxylic acids is 1. The van der Waals surface area contributed by atoms with Crippen LogP contribution in [0.5, 0.6) is 0 Å². The molecular formula is C16H20N4O3. The van der Waals surface area contributed by atoms with Gasteiger partial charge in [-0.25, -0.2) is 14.8 Å². The highest BCUT2D eigenvalue weighted by Crippen LogP contribution is 2.17. The fourth-order valence-electron chi connectivity index (χ4n) is 2.62. The number of ether oxygens (including phenoxy) is 1. The number of aromatic nitrogens is 2. The zero-order valence-corrected chi connectivity index (χ0v) is 13.1. The Morgan fingerprint density at radius 2 is 2.00 bits per heavy atom. The highest BCUT2D eigenvalue weighted by atomic mass is 16.5. The first-order valence-electron chi connectivity index (χ1n) is 7.75. The van der Waals surface area contributed by atoms with Crippen LogP contribution in [-0.4, -0.2) is 53.6 Å². The number of hydrogen-bond donors (Lipinski definition) is 0. The summed E-state index contributed by atoms with van der Waals surface area (Å²) in [4.78, 5) is 24.8. The van der Waals surface area contributed by atoms with Crippen LogP contribution < -0.4 is 4.90 Å². The van der Waals surface area contributed by atoms with E-state index in [2.05, 4.69) is 19.8 Å². The Balaban J connectivity index is 1.57. The average Bonchev–Trinajstić information content (AvgIpc) is 3.05. The van der Waals surface area contributed by atoms with E-state index in [4.69, 9.17) is 9.15 Å². The normalized spacial score (nSPS) is 15.6. The molecule has 0 bridgehead atoms. The molecular weight excluding hydrogens is 296 g/mol. The molecule has 0 aromatic carbocycles. The first-order chi connectivity index (χ1) is 11.3. The SMILES string of the molecule is CCOC(=O)c1ccoc1CN1CCN(c2ncccn2)CC1. The first-order valence-corrected chi connectivity index (χ1v) is 7.75. The van der Waals surface area contributed by atoms with Crippen molar-refractivity contribution in [3.63, 3.8) is 0 Å². The Morgan fingerprint density at radius 3 is 2.70 bits per heavy atom. The van der Waals surface area contributed by atoms with Crippen LogP contribution in [0.3, 0.4) is 0 Å². The number of rotatable bonds is 5. The van der Waals surface area contributed by atoms with Crippen molar-refractivity contribution in [1.82, 2.24) is 14.9 Å². The molecule has 0 radical (unpaired) electrons. The molecule has 0 saturated carbocycles. The van der Waals surface area contributed by atoms with Crippen molar-refractivity contribution in [2.45, 2.75) is 13.5 Å². The molecule has 0 spiro atoms. The van der Waals surface area contributed by atoms with Gasteiger partial charge in [-0.2, -0.15) is 0 Å². The van der Waals surface area contributed by atoms with Gasteiger partial charge in [0.05, 0.1) is 19.4 Å². The number of piperazine rings is 1. The molecule has 1 aliphatic rings. The van der Waals surface area contributed by atoms with Crippen LogP contribution in [-0.2, 0) is 11.3 Å². The van der Waals surface area contributed by atoms with Crippen molar-refractivity contribution in [2.75, 3.05) is 37.7 Å². The summed E-state index contributed by atoms with van der Waals surface area (Å²) in [6.07, 6.45) is 5.04. The summed E-state index contributed by atoms with van der Waals surface area (Å²) in [6, 6.07) is 3.48. The smallest absolute Gasteiger partial charge is 0.341 e. The second-order valence-corrected chi connectivity index (χ2v) is 5.29. The molecule has 7 heteroatoms. The lowest BCUT2D eigenvalue weighted by atomic mass is 10.2. The van der Waals surface area contributed by atoms with Crippen LogP contribution in [0.4, 0.5) is 5.95 Å². The van der Waals surface area contributed by atoms with Gasteiger partial charge >= 0.3 is 5.97 Å². The largest absolute Gasteiger partial charge is 0.467 e. The fraction of sp³-hybridized carbons (Fsp3) is 0.438. The second-order valence-electron chi connectivity index (χ2n) is 5.29. The topological polar surface area (TPSA) is 71.7 Å². The fourth-order valence-corrected chi connectivity index (χ4v) is 2.62. The Kier molecular flexibility index (Phi) is 4.87. The molecule has 3 rings (SSSR count). The molecule has 1 saturated heterocycles. The summed E-state index contributed by atoms with van der Waals surface area (Å²) in [7, 11) is 0. The maximum Gasteiger partial charge on any atom is 0.341 e. The van der Waals surface area contributed by atoms with Crippen molar-refractivity contribution in [2.24, 2.45) is 0 Å². The Morgan fingerprint density at radius 1 is 1.26 bits per heavy atom. The number of furan rings is 1. The van der Waals surface area contributed by atoms with Gasteiger partial charge in [0.15, 0.2) is 0 Å². The Hall–Kier alpha value is -2.41. The van der Waals surface area contributed by atoms with Gasteiger partial charge in [-0.05, 0) is 19.1 Å². The van der Waals surface area contributed by atoms with E-state index < -0.39 is 0 Å². The predicted molar refractivity (Wildman–Crippen MR) is 84.2 cm³/mol. The summed E-state index contributed by atoms with van der Waals surface area (Å²) < 4.78 is 10.5. The average molecular weight is 316 g/mol. The lowest BCUT2D eigenvalue weighted by Gasteiger charge is -2.34. The maximum absolute atomic E-state index is 11.9. The van der Waals surface area contributed by atoms with Gasteiger partial charge in [0.2, 0.25) is 5.95 Å². The van der Waals surface area contributed by atoms with Gasteiger partial charge in [0, 0.05) is 38.6 Å². The van der Waals surface area contributed by atoms with E-state index in [0.29, 0.717) is 24.5 Å². The summed E-state index contributed by atoms with van der Waals surface area (Å²) in [5.74, 6) is 1.10. The van der Waals surface area contributed by atoms with E-state index in [1.165, 1.54) is 6.26 Å². The quantitative estimate of drug-likeness (QED) is 0.775. The minimum atomic E-state index is -0.326. The van der Waals surface area contributed by atoms with Crippen LogP contribution in [0.2, 0.25) is 0 Å². The monoisotopic (exact) mass is 316 g/mol. The molecule has 0 atom stereocenters. The van der Waals surface area contributed by atoms with Crippen molar-refractivity contribution >= 4 is 11.9 Å². The standard InChI is InChI=1S/C16H20N4O3/c1-2-22-15(21)13-4-11-23-14(13)12-19-7-9-20(10-8-19)16-17-5-3-6-18-16/h3-6,11H,2,7-10,12H2,1H3. The number of nitrogens with zero attached hydrogens (tertiary/aromatic N) is 4. The third kappa shape index (κ3) is 3.68. The van der Waals surface area contributed by atoms with E-state index >= 15 is 0 Å². The van der Waals surface area contributed by atoms with Crippen LogP contribution in [0.1, 0.15) is 23.0 Å². The Labute approximate surface area is 134 Å². The number of hydrogen-bond acceptors (Lipinski definition) is 7. The Bertz CT molecular complexity index is 636. The molecule has 1 aliphatic heterocycles. The van der Waals surface area contributed by atoms with Crippen LogP contribution in [0.15, 0.2) is 35.2 Å². The third-order valence-electron chi connectivity index (χ3n) is 3.82. The number of anilines is 1. The van der Waals surface area contributed by atoms with E-state index in [9.17, 15) is 4.79 Å². The van der Waals surface area contributed by atoms with Gasteiger partial charge in [-0.1, -0.05) is 0 Å². The molecule has 2 aromatic heterocycles. The lowest BCUT2D eigenvalue weighted by Crippen LogP contribution is -2.46. The zero-order chi connectivity index (χ0) is 16.1.